The molecular weight excluding hydrogens is 240 g/mol. The fraction of sp³-hybridized carbons (Fsp3) is 0.571. The van der Waals surface area contributed by atoms with Gasteiger partial charge in [-0.2, -0.15) is 0 Å². The lowest BCUT2D eigenvalue weighted by Gasteiger charge is -2.19. The highest BCUT2D eigenvalue weighted by Crippen LogP contribution is 2.15. The van der Waals surface area contributed by atoms with E-state index in [0.717, 1.165) is 44.0 Å². The third-order valence-corrected chi connectivity index (χ3v) is 3.48. The number of nitrogens with zero attached hydrogens (tertiary/aromatic N) is 2. The van der Waals surface area contributed by atoms with Gasteiger partial charge in [-0.15, -0.1) is 0 Å². The van der Waals surface area contributed by atoms with Gasteiger partial charge < -0.3 is 15.5 Å². The van der Waals surface area contributed by atoms with Gasteiger partial charge in [-0.1, -0.05) is 0 Å². The molecule has 1 aromatic heterocycles. The van der Waals surface area contributed by atoms with Crippen LogP contribution in [0.2, 0.25) is 0 Å². The summed E-state index contributed by atoms with van der Waals surface area (Å²) < 4.78 is 0. The number of pyridine rings is 1. The molecule has 104 valence electrons. The number of nitrogens with one attached hydrogen (secondary N) is 2. The van der Waals surface area contributed by atoms with E-state index in [-0.39, 0.29) is 11.9 Å². The maximum Gasteiger partial charge on any atom is 0.241 e. The first kappa shape index (κ1) is 13.8. The van der Waals surface area contributed by atoms with Crippen LogP contribution in [0.25, 0.3) is 0 Å². The van der Waals surface area contributed by atoms with E-state index in [1.165, 1.54) is 0 Å². The molecule has 19 heavy (non-hydrogen) atoms. The molecule has 2 heterocycles. The van der Waals surface area contributed by atoms with Crippen molar-refractivity contribution in [2.24, 2.45) is 0 Å². The van der Waals surface area contributed by atoms with Crippen LogP contribution in [-0.4, -0.2) is 36.6 Å². The molecule has 0 unspecified atom stereocenters. The number of anilines is 2. The van der Waals surface area contributed by atoms with Gasteiger partial charge in [0.1, 0.15) is 5.82 Å². The molecule has 0 spiro atoms. The average Bonchev–Trinajstić information content (AvgIpc) is 2.96. The molecule has 2 rings (SSSR count). The average molecular weight is 262 g/mol. The van der Waals surface area contributed by atoms with E-state index in [4.69, 9.17) is 0 Å². The van der Waals surface area contributed by atoms with Crippen LogP contribution in [0.15, 0.2) is 18.3 Å². The minimum Gasteiger partial charge on any atom is -0.357 e. The van der Waals surface area contributed by atoms with Crippen molar-refractivity contribution in [3.05, 3.63) is 18.3 Å². The van der Waals surface area contributed by atoms with E-state index in [9.17, 15) is 4.79 Å². The number of hydrogen-bond donors (Lipinski definition) is 2. The van der Waals surface area contributed by atoms with Crippen LogP contribution >= 0.6 is 0 Å². The third kappa shape index (κ3) is 3.44. The summed E-state index contributed by atoms with van der Waals surface area (Å²) in [5, 5.41) is 6.09. The van der Waals surface area contributed by atoms with Crippen molar-refractivity contribution in [2.45, 2.75) is 32.7 Å². The second-order valence-corrected chi connectivity index (χ2v) is 4.72. The van der Waals surface area contributed by atoms with Crippen LogP contribution in [0.1, 0.15) is 26.7 Å². The molecule has 2 N–H and O–H groups in total. The van der Waals surface area contributed by atoms with Crippen molar-refractivity contribution in [2.75, 3.05) is 29.9 Å². The highest BCUT2D eigenvalue weighted by molar-refractivity contribution is 5.94. The summed E-state index contributed by atoms with van der Waals surface area (Å²) in [6.45, 7) is 7.00. The Hall–Kier alpha value is -1.62. The number of aromatic nitrogens is 1. The Kier molecular flexibility index (Phi) is 4.74. The standard InChI is InChI=1S/C14H22N4O/c1-3-18(4-2)13-8-7-11(10-16-13)17-14(19)12-6-5-9-15-12/h7-8,10,12,15H,3-6,9H2,1-2H3,(H,17,19)/t12-/m0/s1. The third-order valence-electron chi connectivity index (χ3n) is 3.48. The summed E-state index contributed by atoms with van der Waals surface area (Å²) in [6, 6.07) is 3.81. The van der Waals surface area contributed by atoms with Crippen molar-refractivity contribution in [3.63, 3.8) is 0 Å². The van der Waals surface area contributed by atoms with Crippen LogP contribution in [0.4, 0.5) is 11.5 Å². The van der Waals surface area contributed by atoms with Gasteiger partial charge in [-0.3, -0.25) is 4.79 Å². The molecule has 1 amide bonds. The SMILES string of the molecule is CCN(CC)c1ccc(NC(=O)[C@@H]2CCCN2)cn1. The van der Waals surface area contributed by atoms with Gasteiger partial charge in [-0.25, -0.2) is 4.98 Å². The molecule has 1 aromatic rings. The van der Waals surface area contributed by atoms with Gasteiger partial charge in [0.15, 0.2) is 0 Å². The number of carbonyl (C=O) groups is 1. The largest absolute Gasteiger partial charge is 0.357 e. The normalized spacial score (nSPS) is 18.3. The summed E-state index contributed by atoms with van der Waals surface area (Å²) in [5.41, 5.74) is 0.759. The Morgan fingerprint density at radius 1 is 1.47 bits per heavy atom. The fourth-order valence-electron chi connectivity index (χ4n) is 2.33. The van der Waals surface area contributed by atoms with Crippen LogP contribution < -0.4 is 15.5 Å². The highest BCUT2D eigenvalue weighted by Gasteiger charge is 2.21. The monoisotopic (exact) mass is 262 g/mol. The molecule has 1 saturated heterocycles. The molecule has 0 radical (unpaired) electrons. The van der Waals surface area contributed by atoms with E-state index in [2.05, 4.69) is 34.4 Å². The van der Waals surface area contributed by atoms with Crippen LogP contribution in [0, 0.1) is 0 Å². The minimum atomic E-state index is -0.0533. The van der Waals surface area contributed by atoms with Crippen molar-refractivity contribution >= 4 is 17.4 Å². The molecule has 1 fully saturated rings. The second-order valence-electron chi connectivity index (χ2n) is 4.72. The molecule has 0 aliphatic carbocycles. The number of amides is 1. The smallest absolute Gasteiger partial charge is 0.241 e. The van der Waals surface area contributed by atoms with Crippen LogP contribution in [0.5, 0.6) is 0 Å². The van der Waals surface area contributed by atoms with E-state index in [0.29, 0.717) is 0 Å². The Labute approximate surface area is 114 Å². The zero-order valence-corrected chi connectivity index (χ0v) is 11.6. The van der Waals surface area contributed by atoms with Gasteiger partial charge in [0, 0.05) is 13.1 Å². The molecule has 1 aliphatic heterocycles. The van der Waals surface area contributed by atoms with Crippen LogP contribution in [0.3, 0.4) is 0 Å². The Morgan fingerprint density at radius 3 is 2.79 bits per heavy atom. The Balaban J connectivity index is 1.96. The van der Waals surface area contributed by atoms with Crippen molar-refractivity contribution in [1.82, 2.24) is 10.3 Å². The van der Waals surface area contributed by atoms with E-state index in [1.807, 2.05) is 12.1 Å². The molecule has 1 aliphatic rings. The zero-order valence-electron chi connectivity index (χ0n) is 11.6. The number of carbonyl (C=O) groups excluding carboxylic acids is 1. The number of hydrogen-bond acceptors (Lipinski definition) is 4. The molecule has 0 bridgehead atoms. The van der Waals surface area contributed by atoms with Gasteiger partial charge in [0.2, 0.25) is 5.91 Å². The first-order chi connectivity index (χ1) is 9.24. The van der Waals surface area contributed by atoms with Gasteiger partial charge in [-0.05, 0) is 45.4 Å². The summed E-state index contributed by atoms with van der Waals surface area (Å²) in [6.07, 6.45) is 3.70. The molecule has 5 heteroatoms. The predicted molar refractivity (Wildman–Crippen MR) is 77.5 cm³/mol. The molecule has 5 nitrogen and oxygen atoms in total. The summed E-state index contributed by atoms with van der Waals surface area (Å²) in [4.78, 5) is 18.5. The van der Waals surface area contributed by atoms with Crippen LogP contribution in [-0.2, 0) is 4.79 Å². The zero-order chi connectivity index (χ0) is 13.7. The van der Waals surface area contributed by atoms with Gasteiger partial charge >= 0.3 is 0 Å². The first-order valence-corrected chi connectivity index (χ1v) is 6.99. The second kappa shape index (κ2) is 6.52. The maximum absolute atomic E-state index is 11.9. The van der Waals surface area contributed by atoms with Crippen molar-refractivity contribution in [1.29, 1.82) is 0 Å². The maximum atomic E-state index is 11.9. The number of rotatable bonds is 5. The summed E-state index contributed by atoms with van der Waals surface area (Å²) >= 11 is 0. The van der Waals surface area contributed by atoms with E-state index >= 15 is 0 Å². The quantitative estimate of drug-likeness (QED) is 0.846. The lowest BCUT2D eigenvalue weighted by atomic mass is 10.2. The molecular formula is C14H22N4O. The lowest BCUT2D eigenvalue weighted by molar-refractivity contribution is -0.117. The van der Waals surface area contributed by atoms with E-state index < -0.39 is 0 Å². The molecule has 0 saturated carbocycles. The van der Waals surface area contributed by atoms with Crippen molar-refractivity contribution < 1.29 is 4.79 Å². The van der Waals surface area contributed by atoms with Gasteiger partial charge in [0.25, 0.3) is 0 Å². The Bertz CT molecular complexity index is 408. The summed E-state index contributed by atoms with van der Waals surface area (Å²) in [7, 11) is 0. The first-order valence-electron chi connectivity index (χ1n) is 6.99. The highest BCUT2D eigenvalue weighted by atomic mass is 16.2. The summed E-state index contributed by atoms with van der Waals surface area (Å²) in [5.74, 6) is 0.983. The Morgan fingerprint density at radius 2 is 2.26 bits per heavy atom. The van der Waals surface area contributed by atoms with Crippen molar-refractivity contribution in [3.8, 4) is 0 Å². The topological polar surface area (TPSA) is 57.3 Å². The van der Waals surface area contributed by atoms with E-state index in [1.54, 1.807) is 6.20 Å². The minimum absolute atomic E-state index is 0.0369. The van der Waals surface area contributed by atoms with Gasteiger partial charge in [0.05, 0.1) is 17.9 Å². The predicted octanol–water partition coefficient (Wildman–Crippen LogP) is 1.62. The molecule has 1 atom stereocenters. The fourth-order valence-corrected chi connectivity index (χ4v) is 2.33. The molecule has 0 aromatic carbocycles. The lowest BCUT2D eigenvalue weighted by Crippen LogP contribution is -2.35.